The number of nitrogens with one attached hydrogen (secondary N) is 3. The smallest absolute Gasteiger partial charge is 0.328 e. The van der Waals surface area contributed by atoms with Gasteiger partial charge in [0.25, 0.3) is 5.91 Å². The highest BCUT2D eigenvalue weighted by atomic mass is 19.4. The Balaban J connectivity index is 1.73. The zero-order chi connectivity index (χ0) is 25.1. The van der Waals surface area contributed by atoms with E-state index in [0.717, 1.165) is 22.9 Å². The number of hydrazine groups is 1. The van der Waals surface area contributed by atoms with E-state index in [-0.39, 0.29) is 5.69 Å². The van der Waals surface area contributed by atoms with Gasteiger partial charge in [0.2, 0.25) is 0 Å². The van der Waals surface area contributed by atoms with Crippen LogP contribution >= 0.6 is 0 Å². The summed E-state index contributed by atoms with van der Waals surface area (Å²) in [5.41, 5.74) is 3.94. The number of urea groups is 1. The van der Waals surface area contributed by atoms with Gasteiger partial charge in [-0.25, -0.2) is 14.9 Å². The minimum atomic E-state index is -4.86. The molecule has 1 aromatic heterocycles. The molecule has 0 saturated heterocycles. The van der Waals surface area contributed by atoms with Crippen molar-refractivity contribution in [3.63, 3.8) is 0 Å². The summed E-state index contributed by atoms with van der Waals surface area (Å²) in [5.74, 6) is -1.16. The third-order valence-corrected chi connectivity index (χ3v) is 5.08. The van der Waals surface area contributed by atoms with E-state index in [9.17, 15) is 22.8 Å². The Bertz CT molecular complexity index is 1220. The van der Waals surface area contributed by atoms with E-state index in [4.69, 9.17) is 0 Å². The van der Waals surface area contributed by atoms with Crippen molar-refractivity contribution < 1.29 is 22.8 Å². The van der Waals surface area contributed by atoms with Crippen LogP contribution in [0.2, 0.25) is 0 Å². The molecule has 0 saturated carbocycles. The Morgan fingerprint density at radius 3 is 2.29 bits per heavy atom. The first-order valence-corrected chi connectivity index (χ1v) is 10.3. The van der Waals surface area contributed by atoms with E-state index in [1.54, 1.807) is 32.0 Å². The predicted octanol–water partition coefficient (Wildman–Crippen LogP) is 4.80. The maximum absolute atomic E-state index is 13.7. The monoisotopic (exact) mass is 471 g/mol. The van der Waals surface area contributed by atoms with Crippen LogP contribution in [-0.2, 0) is 11.7 Å². The summed E-state index contributed by atoms with van der Waals surface area (Å²) in [4.78, 5) is 24.9. The number of hydrogen-bond acceptors (Lipinski definition) is 3. The van der Waals surface area contributed by atoms with Crippen LogP contribution in [0.4, 0.5) is 18.0 Å². The molecule has 0 radical (unpaired) electrons. The molecule has 0 unspecified atom stereocenters. The topological polar surface area (TPSA) is 88.1 Å². The van der Waals surface area contributed by atoms with Gasteiger partial charge in [-0.2, -0.15) is 18.3 Å². The highest BCUT2D eigenvalue weighted by molar-refractivity contribution is 5.96. The molecule has 178 valence electrons. The quantitative estimate of drug-likeness (QED) is 0.467. The minimum Gasteiger partial charge on any atom is -0.328 e. The summed E-state index contributed by atoms with van der Waals surface area (Å²) in [7, 11) is 0. The molecular weight excluding hydrogens is 447 g/mol. The Morgan fingerprint density at radius 2 is 1.68 bits per heavy atom. The number of rotatable bonds is 5. The van der Waals surface area contributed by atoms with Gasteiger partial charge in [0.05, 0.1) is 23.0 Å². The second-order valence-electron chi connectivity index (χ2n) is 8.17. The van der Waals surface area contributed by atoms with Crippen molar-refractivity contribution >= 4 is 17.5 Å². The molecule has 0 aliphatic rings. The fourth-order valence-corrected chi connectivity index (χ4v) is 3.29. The average molecular weight is 471 g/mol. The van der Waals surface area contributed by atoms with E-state index < -0.39 is 34.9 Å². The fourth-order valence-electron chi connectivity index (χ4n) is 3.29. The van der Waals surface area contributed by atoms with Crippen LogP contribution in [0, 0.1) is 0 Å². The highest BCUT2D eigenvalue weighted by Gasteiger charge is 2.40. The van der Waals surface area contributed by atoms with Crippen LogP contribution in [0.3, 0.4) is 0 Å². The molecule has 0 fully saturated rings. The lowest BCUT2D eigenvalue weighted by atomic mass is 9.92. The molecule has 3 amide bonds. The fraction of sp³-hybridized carbons (Fsp3) is 0.208. The number of para-hydroxylation sites is 1. The minimum absolute atomic E-state index is 0.137. The van der Waals surface area contributed by atoms with Crippen molar-refractivity contribution in [1.82, 2.24) is 25.9 Å². The SMILES string of the molecule is C=C(C)c1cccc(C(C)(C)NC(=O)NNC(=O)c2cnn(-c3ccccc3)c2C(F)(F)F)c1. The van der Waals surface area contributed by atoms with Crippen molar-refractivity contribution in [2.24, 2.45) is 0 Å². The Hall–Kier alpha value is -4.08. The molecule has 1 heterocycles. The van der Waals surface area contributed by atoms with Crippen LogP contribution in [0.15, 0.2) is 67.4 Å². The summed E-state index contributed by atoms with van der Waals surface area (Å²) in [6.07, 6.45) is -4.06. The second-order valence-corrected chi connectivity index (χ2v) is 8.17. The van der Waals surface area contributed by atoms with E-state index in [1.807, 2.05) is 36.6 Å². The summed E-state index contributed by atoms with van der Waals surface area (Å²) in [6.45, 7) is 9.25. The van der Waals surface area contributed by atoms with Gasteiger partial charge in [-0.1, -0.05) is 48.6 Å². The number of carbonyl (C=O) groups excluding carboxylic acids is 2. The molecule has 0 atom stereocenters. The molecule has 0 aliphatic heterocycles. The third-order valence-electron chi connectivity index (χ3n) is 5.08. The number of alkyl halides is 3. The molecule has 0 spiro atoms. The van der Waals surface area contributed by atoms with Crippen molar-refractivity contribution in [2.45, 2.75) is 32.5 Å². The first kappa shape index (κ1) is 24.6. The Labute approximate surface area is 194 Å². The number of nitrogens with zero attached hydrogens (tertiary/aromatic N) is 2. The van der Waals surface area contributed by atoms with Crippen molar-refractivity contribution in [3.05, 3.63) is 89.8 Å². The molecular formula is C24H24F3N5O2. The largest absolute Gasteiger partial charge is 0.434 e. The number of amides is 3. The zero-order valence-corrected chi connectivity index (χ0v) is 18.8. The van der Waals surface area contributed by atoms with E-state index in [2.05, 4.69) is 22.4 Å². The second kappa shape index (κ2) is 9.42. The molecule has 3 rings (SSSR count). The molecule has 10 heteroatoms. The molecule has 3 aromatic rings. The van der Waals surface area contributed by atoms with Gasteiger partial charge in [-0.05, 0) is 50.1 Å². The average Bonchev–Trinajstić information content (AvgIpc) is 3.24. The Morgan fingerprint density at radius 1 is 1.00 bits per heavy atom. The first-order chi connectivity index (χ1) is 15.9. The van der Waals surface area contributed by atoms with Crippen LogP contribution < -0.4 is 16.2 Å². The Kier molecular flexibility index (Phi) is 6.80. The number of halogens is 3. The predicted molar refractivity (Wildman–Crippen MR) is 122 cm³/mol. The molecule has 2 aromatic carbocycles. The normalized spacial score (nSPS) is 11.6. The molecule has 7 nitrogen and oxygen atoms in total. The van der Waals surface area contributed by atoms with Gasteiger partial charge in [0, 0.05) is 0 Å². The number of allylic oxidation sites excluding steroid dienone is 1. The van der Waals surface area contributed by atoms with Crippen LogP contribution in [0.25, 0.3) is 11.3 Å². The van der Waals surface area contributed by atoms with Gasteiger partial charge in [-0.15, -0.1) is 0 Å². The summed E-state index contributed by atoms with van der Waals surface area (Å²) in [6, 6.07) is 14.2. The van der Waals surface area contributed by atoms with E-state index >= 15 is 0 Å². The highest BCUT2D eigenvalue weighted by Crippen LogP contribution is 2.33. The number of carbonyl (C=O) groups is 2. The van der Waals surface area contributed by atoms with Gasteiger partial charge in [0.15, 0.2) is 5.69 Å². The van der Waals surface area contributed by atoms with Gasteiger partial charge < -0.3 is 5.32 Å². The summed E-state index contributed by atoms with van der Waals surface area (Å²) in [5, 5.41) is 6.41. The number of benzene rings is 2. The zero-order valence-electron chi connectivity index (χ0n) is 18.8. The third kappa shape index (κ3) is 5.45. The van der Waals surface area contributed by atoms with Gasteiger partial charge in [0.1, 0.15) is 0 Å². The van der Waals surface area contributed by atoms with Crippen LogP contribution in [-0.4, -0.2) is 21.7 Å². The number of hydrogen-bond donors (Lipinski definition) is 3. The molecule has 34 heavy (non-hydrogen) atoms. The maximum atomic E-state index is 13.7. The van der Waals surface area contributed by atoms with Crippen molar-refractivity contribution in [1.29, 1.82) is 0 Å². The van der Waals surface area contributed by atoms with Crippen molar-refractivity contribution in [2.75, 3.05) is 0 Å². The van der Waals surface area contributed by atoms with Crippen molar-refractivity contribution in [3.8, 4) is 5.69 Å². The van der Waals surface area contributed by atoms with Gasteiger partial charge >= 0.3 is 12.2 Å². The van der Waals surface area contributed by atoms with Crippen LogP contribution in [0.1, 0.15) is 48.0 Å². The molecule has 0 bridgehead atoms. The lowest BCUT2D eigenvalue weighted by molar-refractivity contribution is -0.143. The lowest BCUT2D eigenvalue weighted by Gasteiger charge is -2.27. The van der Waals surface area contributed by atoms with E-state index in [1.165, 1.54) is 12.1 Å². The van der Waals surface area contributed by atoms with E-state index in [0.29, 0.717) is 4.68 Å². The number of aromatic nitrogens is 2. The van der Waals surface area contributed by atoms with Crippen LogP contribution in [0.5, 0.6) is 0 Å². The van der Waals surface area contributed by atoms with Gasteiger partial charge in [-0.3, -0.25) is 10.2 Å². The maximum Gasteiger partial charge on any atom is 0.434 e. The first-order valence-electron chi connectivity index (χ1n) is 10.3. The summed E-state index contributed by atoms with van der Waals surface area (Å²) < 4.78 is 41.9. The standard InChI is InChI=1S/C24H24F3N5O2/c1-15(2)16-9-8-10-17(13-16)23(3,4)29-22(34)31-30-21(33)19-14-28-32(20(19)24(25,26)27)18-11-6-5-7-12-18/h5-14H,1H2,2-4H3,(H,30,33)(H2,29,31,34). The molecule has 0 aliphatic carbocycles. The summed E-state index contributed by atoms with van der Waals surface area (Å²) >= 11 is 0. The lowest BCUT2D eigenvalue weighted by Crippen LogP contribution is -2.52. The molecule has 3 N–H and O–H groups in total.